The molecule has 0 spiro atoms. The highest BCUT2D eigenvalue weighted by molar-refractivity contribution is 6.69. The second-order valence-electron chi connectivity index (χ2n) is 6.94. The van der Waals surface area contributed by atoms with Gasteiger partial charge in [-0.3, -0.25) is 0 Å². The largest absolute Gasteiger partial charge is 0.403 e. The molecular weight excluding hydrogens is 288 g/mol. The molecule has 2 aromatic carbocycles. The van der Waals surface area contributed by atoms with E-state index in [1.165, 1.54) is 11.1 Å². The summed E-state index contributed by atoms with van der Waals surface area (Å²) in [6.07, 6.45) is 0.00431. The number of ether oxygens (including phenoxy) is 1. The molecule has 1 aliphatic heterocycles. The zero-order chi connectivity index (χ0) is 15.8. The minimum Gasteiger partial charge on any atom is -0.403 e. The molecule has 0 radical (unpaired) electrons. The second kappa shape index (κ2) is 5.65. The minimum absolute atomic E-state index is 0.0437. The summed E-state index contributed by atoms with van der Waals surface area (Å²) in [5, 5.41) is 0. The summed E-state index contributed by atoms with van der Waals surface area (Å²) < 4.78 is 12.9. The number of rotatable bonds is 4. The van der Waals surface area contributed by atoms with Crippen LogP contribution in [-0.4, -0.2) is 14.4 Å². The zero-order valence-corrected chi connectivity index (χ0v) is 14.7. The lowest BCUT2D eigenvalue weighted by Gasteiger charge is -2.56. The minimum atomic E-state index is -1.74. The fourth-order valence-corrected chi connectivity index (χ4v) is 4.69. The van der Waals surface area contributed by atoms with Crippen LogP contribution in [0.5, 0.6) is 0 Å². The first-order valence-electron chi connectivity index (χ1n) is 7.89. The molecule has 1 heterocycles. The Labute approximate surface area is 134 Å². The van der Waals surface area contributed by atoms with Gasteiger partial charge in [-0.1, -0.05) is 60.7 Å². The molecule has 1 aliphatic rings. The molecule has 1 fully saturated rings. The van der Waals surface area contributed by atoms with Gasteiger partial charge in [-0.2, -0.15) is 0 Å². The third-order valence-corrected chi connectivity index (χ3v) is 5.09. The van der Waals surface area contributed by atoms with E-state index in [9.17, 15) is 0 Å². The highest BCUT2D eigenvalue weighted by Crippen LogP contribution is 2.55. The molecule has 0 unspecified atom stereocenters. The van der Waals surface area contributed by atoms with E-state index >= 15 is 0 Å². The van der Waals surface area contributed by atoms with Crippen LogP contribution in [0.15, 0.2) is 60.7 Å². The van der Waals surface area contributed by atoms with Crippen LogP contribution in [0, 0.1) is 0 Å². The lowest BCUT2D eigenvalue weighted by atomic mass is 9.76. The van der Waals surface area contributed by atoms with Crippen molar-refractivity contribution >= 4 is 8.32 Å². The SMILES string of the molecule is C[C@@H]1O[C@H](c2ccccc2)[C@@]1(O[Si](C)(C)C)c1ccccc1. The van der Waals surface area contributed by atoms with Crippen LogP contribution in [0.25, 0.3) is 0 Å². The van der Waals surface area contributed by atoms with Crippen molar-refractivity contribution < 1.29 is 9.16 Å². The van der Waals surface area contributed by atoms with Gasteiger partial charge < -0.3 is 9.16 Å². The maximum absolute atomic E-state index is 6.74. The number of hydrogen-bond acceptors (Lipinski definition) is 2. The Morgan fingerprint density at radius 1 is 0.909 bits per heavy atom. The van der Waals surface area contributed by atoms with Crippen LogP contribution in [-0.2, 0) is 14.8 Å². The number of benzene rings is 2. The molecule has 0 aromatic heterocycles. The summed E-state index contributed by atoms with van der Waals surface area (Å²) in [7, 11) is -1.74. The second-order valence-corrected chi connectivity index (χ2v) is 11.4. The topological polar surface area (TPSA) is 18.5 Å². The maximum atomic E-state index is 6.74. The van der Waals surface area contributed by atoms with Gasteiger partial charge in [0.2, 0.25) is 0 Å². The first-order chi connectivity index (χ1) is 10.4. The molecular formula is C19H24O2Si. The summed E-state index contributed by atoms with van der Waals surface area (Å²) in [4.78, 5) is 0. The molecule has 3 heteroatoms. The Morgan fingerprint density at radius 2 is 1.45 bits per heavy atom. The third kappa shape index (κ3) is 2.65. The summed E-state index contributed by atoms with van der Waals surface area (Å²) >= 11 is 0. The van der Waals surface area contributed by atoms with Crippen LogP contribution >= 0.6 is 0 Å². The van der Waals surface area contributed by atoms with E-state index in [0.29, 0.717) is 0 Å². The summed E-state index contributed by atoms with van der Waals surface area (Å²) in [5.41, 5.74) is 2.01. The van der Waals surface area contributed by atoms with Crippen LogP contribution in [0.3, 0.4) is 0 Å². The highest BCUT2D eigenvalue weighted by Gasteiger charge is 2.58. The molecule has 116 valence electrons. The monoisotopic (exact) mass is 312 g/mol. The van der Waals surface area contributed by atoms with E-state index < -0.39 is 8.32 Å². The van der Waals surface area contributed by atoms with Crippen LogP contribution in [0.4, 0.5) is 0 Å². The molecule has 2 nitrogen and oxygen atoms in total. The smallest absolute Gasteiger partial charge is 0.185 e. The normalized spacial score (nSPS) is 28.2. The van der Waals surface area contributed by atoms with E-state index in [0.717, 1.165) is 0 Å². The van der Waals surface area contributed by atoms with Crippen molar-refractivity contribution in [1.29, 1.82) is 0 Å². The van der Waals surface area contributed by atoms with Gasteiger partial charge in [0.15, 0.2) is 8.32 Å². The molecule has 1 saturated heterocycles. The van der Waals surface area contributed by atoms with Crippen LogP contribution in [0.1, 0.15) is 24.2 Å². The lowest BCUT2D eigenvalue weighted by molar-refractivity contribution is -0.287. The predicted octanol–water partition coefficient (Wildman–Crippen LogP) is 4.89. The Balaban J connectivity index is 2.08. The van der Waals surface area contributed by atoms with E-state index in [-0.39, 0.29) is 17.8 Å². The average molecular weight is 312 g/mol. The van der Waals surface area contributed by atoms with E-state index in [2.05, 4.69) is 75.1 Å². The van der Waals surface area contributed by atoms with Crippen molar-refractivity contribution in [2.24, 2.45) is 0 Å². The van der Waals surface area contributed by atoms with Gasteiger partial charge >= 0.3 is 0 Å². The van der Waals surface area contributed by atoms with Gasteiger partial charge in [0.05, 0.1) is 6.10 Å². The van der Waals surface area contributed by atoms with Gasteiger partial charge in [0, 0.05) is 0 Å². The summed E-state index contributed by atoms with van der Waals surface area (Å²) in [5.74, 6) is 0. The molecule has 0 aliphatic carbocycles. The van der Waals surface area contributed by atoms with Crippen LogP contribution in [0.2, 0.25) is 19.6 Å². The fraction of sp³-hybridized carbons (Fsp3) is 0.368. The highest BCUT2D eigenvalue weighted by atomic mass is 28.4. The van der Waals surface area contributed by atoms with E-state index in [1.807, 2.05) is 12.1 Å². The standard InChI is InChI=1S/C19H24O2Si/c1-15-19(21-22(2,3)4,17-13-9-6-10-14-17)18(20-15)16-11-7-5-8-12-16/h5-15,18H,1-4H3/t15-,18+,19-/m0/s1. The van der Waals surface area contributed by atoms with Crippen LogP contribution < -0.4 is 0 Å². The van der Waals surface area contributed by atoms with E-state index in [1.54, 1.807) is 0 Å². The first kappa shape index (κ1) is 15.5. The Kier molecular flexibility index (Phi) is 3.97. The molecule has 3 rings (SSSR count). The van der Waals surface area contributed by atoms with Crippen molar-refractivity contribution in [1.82, 2.24) is 0 Å². The molecule has 0 bridgehead atoms. The Hall–Kier alpha value is -1.42. The quantitative estimate of drug-likeness (QED) is 0.748. The maximum Gasteiger partial charge on any atom is 0.185 e. The van der Waals surface area contributed by atoms with Gasteiger partial charge in [0.25, 0.3) is 0 Å². The average Bonchev–Trinajstić information content (AvgIpc) is 2.51. The molecule has 0 N–H and O–H groups in total. The van der Waals surface area contributed by atoms with Crippen molar-refractivity contribution in [3.63, 3.8) is 0 Å². The Morgan fingerprint density at radius 3 is 1.95 bits per heavy atom. The van der Waals surface area contributed by atoms with Crippen molar-refractivity contribution in [3.05, 3.63) is 71.8 Å². The molecule has 3 atom stereocenters. The zero-order valence-electron chi connectivity index (χ0n) is 13.7. The van der Waals surface area contributed by atoms with Crippen molar-refractivity contribution in [2.75, 3.05) is 0 Å². The summed E-state index contributed by atoms with van der Waals surface area (Å²) in [6.45, 7) is 8.84. The fourth-order valence-electron chi connectivity index (χ4n) is 3.29. The molecule has 22 heavy (non-hydrogen) atoms. The predicted molar refractivity (Wildman–Crippen MR) is 92.3 cm³/mol. The Bertz CT molecular complexity index is 621. The lowest BCUT2D eigenvalue weighted by Crippen LogP contribution is -2.61. The molecule has 0 amide bonds. The summed E-state index contributed by atoms with van der Waals surface area (Å²) in [6, 6.07) is 20.9. The van der Waals surface area contributed by atoms with Gasteiger partial charge in [-0.05, 0) is 37.7 Å². The molecule has 2 aromatic rings. The van der Waals surface area contributed by atoms with Crippen molar-refractivity contribution in [3.8, 4) is 0 Å². The molecule has 0 saturated carbocycles. The van der Waals surface area contributed by atoms with Crippen molar-refractivity contribution in [2.45, 2.75) is 44.4 Å². The van der Waals surface area contributed by atoms with E-state index in [4.69, 9.17) is 9.16 Å². The third-order valence-electron chi connectivity index (χ3n) is 4.14. The number of hydrogen-bond donors (Lipinski definition) is 0. The first-order valence-corrected chi connectivity index (χ1v) is 11.3. The van der Waals surface area contributed by atoms with Gasteiger partial charge in [-0.25, -0.2) is 0 Å². The van der Waals surface area contributed by atoms with Gasteiger partial charge in [0.1, 0.15) is 11.7 Å². The van der Waals surface area contributed by atoms with Gasteiger partial charge in [-0.15, -0.1) is 0 Å².